The Morgan fingerprint density at radius 2 is 1.95 bits per heavy atom. The summed E-state index contributed by atoms with van der Waals surface area (Å²) in [7, 11) is 0. The first-order valence-electron chi connectivity index (χ1n) is 6.46. The molecule has 0 aromatic carbocycles. The second kappa shape index (κ2) is 6.36. The predicted molar refractivity (Wildman–Crippen MR) is 74.9 cm³/mol. The lowest BCUT2D eigenvalue weighted by atomic mass is 10.0. The number of aromatic amines is 1. The molecule has 0 spiro atoms. The van der Waals surface area contributed by atoms with E-state index in [2.05, 4.69) is 10.3 Å². The summed E-state index contributed by atoms with van der Waals surface area (Å²) in [5, 5.41) is 11.5. The quantitative estimate of drug-likeness (QED) is 0.755. The largest absolute Gasteiger partial charge is 0.480 e. The maximum absolute atomic E-state index is 12.1. The SMILES string of the molecule is Cc1cc(C)c(C(=O)N[C@H](CC(C)C)C(=O)O)c(=O)[nH]1. The Morgan fingerprint density at radius 3 is 2.40 bits per heavy atom. The van der Waals surface area contributed by atoms with Gasteiger partial charge in [0.15, 0.2) is 0 Å². The average Bonchev–Trinajstić information content (AvgIpc) is 2.25. The van der Waals surface area contributed by atoms with E-state index < -0.39 is 23.5 Å². The maximum atomic E-state index is 12.1. The molecule has 1 heterocycles. The molecule has 0 fully saturated rings. The van der Waals surface area contributed by atoms with Gasteiger partial charge < -0.3 is 15.4 Å². The highest BCUT2D eigenvalue weighted by atomic mass is 16.4. The van der Waals surface area contributed by atoms with Crippen molar-refractivity contribution in [3.63, 3.8) is 0 Å². The summed E-state index contributed by atoms with van der Waals surface area (Å²) in [6.45, 7) is 7.10. The van der Waals surface area contributed by atoms with Crippen LogP contribution in [-0.4, -0.2) is 28.0 Å². The first kappa shape index (κ1) is 15.9. The van der Waals surface area contributed by atoms with Gasteiger partial charge in [-0.15, -0.1) is 0 Å². The second-order valence-electron chi connectivity index (χ2n) is 5.33. The van der Waals surface area contributed by atoms with Crippen LogP contribution in [0.1, 0.15) is 41.9 Å². The van der Waals surface area contributed by atoms with Gasteiger partial charge in [-0.25, -0.2) is 4.79 Å². The molecule has 1 aromatic rings. The van der Waals surface area contributed by atoms with E-state index in [0.29, 0.717) is 17.7 Å². The number of hydrogen-bond acceptors (Lipinski definition) is 3. The van der Waals surface area contributed by atoms with Crippen molar-refractivity contribution >= 4 is 11.9 Å². The van der Waals surface area contributed by atoms with Gasteiger partial charge in [-0.1, -0.05) is 13.8 Å². The summed E-state index contributed by atoms with van der Waals surface area (Å²) in [6, 6.07) is 0.678. The van der Waals surface area contributed by atoms with Crippen LogP contribution in [0.2, 0.25) is 0 Å². The lowest BCUT2D eigenvalue weighted by Gasteiger charge is -2.16. The topological polar surface area (TPSA) is 99.3 Å². The molecule has 1 atom stereocenters. The van der Waals surface area contributed by atoms with Crippen LogP contribution in [0.25, 0.3) is 0 Å². The van der Waals surface area contributed by atoms with Gasteiger partial charge in [-0.05, 0) is 37.8 Å². The van der Waals surface area contributed by atoms with Crippen LogP contribution in [0.15, 0.2) is 10.9 Å². The molecule has 0 saturated heterocycles. The van der Waals surface area contributed by atoms with E-state index in [9.17, 15) is 14.4 Å². The highest BCUT2D eigenvalue weighted by Crippen LogP contribution is 2.08. The molecule has 0 aliphatic heterocycles. The smallest absolute Gasteiger partial charge is 0.326 e. The van der Waals surface area contributed by atoms with Gasteiger partial charge in [-0.2, -0.15) is 0 Å². The summed E-state index contributed by atoms with van der Waals surface area (Å²) < 4.78 is 0. The monoisotopic (exact) mass is 280 g/mol. The maximum Gasteiger partial charge on any atom is 0.326 e. The van der Waals surface area contributed by atoms with Crippen molar-refractivity contribution in [1.29, 1.82) is 0 Å². The van der Waals surface area contributed by atoms with E-state index in [0.717, 1.165) is 0 Å². The molecule has 0 saturated carbocycles. The number of rotatable bonds is 5. The lowest BCUT2D eigenvalue weighted by molar-refractivity contribution is -0.139. The Morgan fingerprint density at radius 1 is 1.35 bits per heavy atom. The molecule has 0 radical (unpaired) electrons. The third-order valence-electron chi connectivity index (χ3n) is 2.90. The minimum Gasteiger partial charge on any atom is -0.480 e. The molecule has 6 nitrogen and oxygen atoms in total. The third kappa shape index (κ3) is 3.94. The fraction of sp³-hybridized carbons (Fsp3) is 0.500. The number of carbonyl (C=O) groups excluding carboxylic acids is 1. The number of carbonyl (C=O) groups is 2. The molecule has 6 heteroatoms. The molecular weight excluding hydrogens is 260 g/mol. The van der Waals surface area contributed by atoms with E-state index in [1.165, 1.54) is 0 Å². The fourth-order valence-corrected chi connectivity index (χ4v) is 2.06. The number of carboxylic acid groups (broad SMARTS) is 1. The number of carboxylic acids is 1. The van der Waals surface area contributed by atoms with Crippen molar-refractivity contribution in [3.05, 3.63) is 33.2 Å². The molecule has 0 bridgehead atoms. The molecule has 20 heavy (non-hydrogen) atoms. The zero-order chi connectivity index (χ0) is 15.4. The Kier molecular flexibility index (Phi) is 5.07. The van der Waals surface area contributed by atoms with E-state index in [4.69, 9.17) is 5.11 Å². The second-order valence-corrected chi connectivity index (χ2v) is 5.33. The van der Waals surface area contributed by atoms with Crippen LogP contribution in [0.4, 0.5) is 0 Å². The molecule has 3 N–H and O–H groups in total. The Bertz CT molecular complexity index is 575. The van der Waals surface area contributed by atoms with Gasteiger partial charge in [0.05, 0.1) is 0 Å². The van der Waals surface area contributed by atoms with Crippen LogP contribution >= 0.6 is 0 Å². The van der Waals surface area contributed by atoms with Crippen molar-refractivity contribution in [1.82, 2.24) is 10.3 Å². The van der Waals surface area contributed by atoms with Crippen molar-refractivity contribution < 1.29 is 14.7 Å². The molecule has 0 aliphatic carbocycles. The van der Waals surface area contributed by atoms with Crippen molar-refractivity contribution in [3.8, 4) is 0 Å². The summed E-state index contributed by atoms with van der Waals surface area (Å²) in [5.74, 6) is -1.64. The number of H-pyrrole nitrogens is 1. The zero-order valence-corrected chi connectivity index (χ0v) is 12.1. The van der Waals surface area contributed by atoms with Crippen molar-refractivity contribution in [2.45, 2.75) is 40.2 Å². The number of aromatic nitrogens is 1. The van der Waals surface area contributed by atoms with Gasteiger partial charge in [0, 0.05) is 5.69 Å². The first-order chi connectivity index (χ1) is 9.22. The third-order valence-corrected chi connectivity index (χ3v) is 2.90. The average molecular weight is 280 g/mol. The van der Waals surface area contributed by atoms with Crippen LogP contribution < -0.4 is 10.9 Å². The Balaban J connectivity index is 3.01. The molecule has 0 unspecified atom stereocenters. The number of aryl methyl sites for hydroxylation is 2. The zero-order valence-electron chi connectivity index (χ0n) is 12.1. The lowest BCUT2D eigenvalue weighted by Crippen LogP contribution is -2.43. The van der Waals surface area contributed by atoms with E-state index in [1.54, 1.807) is 19.9 Å². The summed E-state index contributed by atoms with van der Waals surface area (Å²) in [6.07, 6.45) is 0.309. The van der Waals surface area contributed by atoms with Crippen molar-refractivity contribution in [2.75, 3.05) is 0 Å². The minimum atomic E-state index is -1.10. The van der Waals surface area contributed by atoms with Gasteiger partial charge in [-0.3, -0.25) is 9.59 Å². The number of pyridine rings is 1. The molecular formula is C14H20N2O4. The van der Waals surface area contributed by atoms with Gasteiger partial charge in [0.1, 0.15) is 11.6 Å². The van der Waals surface area contributed by atoms with Crippen molar-refractivity contribution in [2.24, 2.45) is 5.92 Å². The number of aliphatic carboxylic acids is 1. The predicted octanol–water partition coefficient (Wildman–Crippen LogP) is 1.22. The summed E-state index contributed by atoms with van der Waals surface area (Å²) >= 11 is 0. The molecule has 1 aromatic heterocycles. The van der Waals surface area contributed by atoms with Gasteiger partial charge >= 0.3 is 5.97 Å². The molecule has 110 valence electrons. The number of amides is 1. The normalized spacial score (nSPS) is 12.2. The van der Waals surface area contributed by atoms with Gasteiger partial charge in [0.25, 0.3) is 11.5 Å². The summed E-state index contributed by atoms with van der Waals surface area (Å²) in [5.41, 5.74) is 0.637. The van der Waals surface area contributed by atoms with Crippen LogP contribution in [0.3, 0.4) is 0 Å². The minimum absolute atomic E-state index is 0.0365. The van der Waals surface area contributed by atoms with E-state index in [1.807, 2.05) is 13.8 Å². The van der Waals surface area contributed by atoms with Crippen LogP contribution in [0.5, 0.6) is 0 Å². The molecule has 1 rings (SSSR count). The summed E-state index contributed by atoms with van der Waals surface area (Å²) in [4.78, 5) is 37.6. The highest BCUT2D eigenvalue weighted by Gasteiger charge is 2.24. The first-order valence-corrected chi connectivity index (χ1v) is 6.46. The number of nitrogens with one attached hydrogen (secondary N) is 2. The van der Waals surface area contributed by atoms with Gasteiger partial charge in [0.2, 0.25) is 0 Å². The highest BCUT2D eigenvalue weighted by molar-refractivity contribution is 5.97. The molecule has 0 aliphatic rings. The Hall–Kier alpha value is -2.11. The van der Waals surface area contributed by atoms with Crippen LogP contribution in [-0.2, 0) is 4.79 Å². The molecule has 1 amide bonds. The van der Waals surface area contributed by atoms with Crippen LogP contribution in [0, 0.1) is 19.8 Å². The van der Waals surface area contributed by atoms with E-state index in [-0.39, 0.29) is 11.5 Å². The van der Waals surface area contributed by atoms with E-state index >= 15 is 0 Å². The standard InChI is InChI=1S/C14H20N2O4/c1-7(2)5-10(14(19)20)16-13(18)11-8(3)6-9(4)15-12(11)17/h6-7,10H,5H2,1-4H3,(H,15,17)(H,16,18)(H,19,20)/t10-/m1/s1. The Labute approximate surface area is 117 Å². The fourth-order valence-electron chi connectivity index (χ4n) is 2.06. The number of hydrogen-bond donors (Lipinski definition) is 3.